The predicted molar refractivity (Wildman–Crippen MR) is 82.5 cm³/mol. The van der Waals surface area contributed by atoms with Crippen molar-refractivity contribution in [1.29, 1.82) is 0 Å². The summed E-state index contributed by atoms with van der Waals surface area (Å²) in [6.45, 7) is 5.92. The lowest BCUT2D eigenvalue weighted by Crippen LogP contribution is -2.41. The van der Waals surface area contributed by atoms with Crippen LogP contribution in [0.2, 0.25) is 0 Å². The quantitative estimate of drug-likeness (QED) is 0.908. The average Bonchev–Trinajstić information content (AvgIpc) is 2.46. The van der Waals surface area contributed by atoms with E-state index in [9.17, 15) is 4.79 Å². The summed E-state index contributed by atoms with van der Waals surface area (Å²) in [5.41, 5.74) is 7.69. The van der Waals surface area contributed by atoms with Gasteiger partial charge in [-0.15, -0.1) is 0 Å². The fourth-order valence-electron chi connectivity index (χ4n) is 2.25. The molecule has 0 fully saturated rings. The first-order valence-corrected chi connectivity index (χ1v) is 7.07. The Kier molecular flexibility index (Phi) is 4.19. The van der Waals surface area contributed by atoms with Gasteiger partial charge >= 0.3 is 0 Å². The van der Waals surface area contributed by atoms with Gasteiger partial charge in [0, 0.05) is 17.0 Å². The summed E-state index contributed by atoms with van der Waals surface area (Å²) in [5, 5.41) is 1.08. The maximum Gasteiger partial charge on any atom is 0.155 e. The lowest BCUT2D eigenvalue weighted by Gasteiger charge is -2.24. The molecule has 20 heavy (non-hydrogen) atoms. The van der Waals surface area contributed by atoms with Crippen molar-refractivity contribution in [3.8, 4) is 0 Å². The third-order valence-electron chi connectivity index (χ3n) is 3.99. The molecule has 2 aromatic rings. The first-order chi connectivity index (χ1) is 9.44. The smallest absolute Gasteiger partial charge is 0.155 e. The van der Waals surface area contributed by atoms with Crippen LogP contribution in [-0.2, 0) is 11.2 Å². The number of Topliss-reactive ketones (excluding diaryl/α,β-unsaturated/α-hetero) is 1. The van der Waals surface area contributed by atoms with Crippen LogP contribution in [0.15, 0.2) is 36.5 Å². The molecule has 2 rings (SSSR count). The fraction of sp³-hybridized carbons (Fsp3) is 0.412. The number of nitrogens with two attached hydrogens (primary N) is 1. The predicted octanol–water partition coefficient (Wildman–Crippen LogP) is 3.11. The number of para-hydroxylation sites is 1. The maximum absolute atomic E-state index is 12.3. The van der Waals surface area contributed by atoms with Gasteiger partial charge in [0.1, 0.15) is 0 Å². The van der Waals surface area contributed by atoms with Gasteiger partial charge in [-0.2, -0.15) is 0 Å². The Balaban J connectivity index is 2.17. The SMILES string of the molecule is CCC(C)(C)C(=O)C(N)Cc1cnc2ccccc2c1. The van der Waals surface area contributed by atoms with Gasteiger partial charge < -0.3 is 5.73 Å². The molecule has 0 aliphatic heterocycles. The molecule has 0 aliphatic carbocycles. The number of hydrogen-bond acceptors (Lipinski definition) is 3. The van der Waals surface area contributed by atoms with Gasteiger partial charge in [0.2, 0.25) is 0 Å². The molecule has 0 bridgehead atoms. The highest BCUT2D eigenvalue weighted by Gasteiger charge is 2.30. The standard InChI is InChI=1S/C17H22N2O/c1-4-17(2,3)16(20)14(18)10-12-9-13-7-5-6-8-15(13)19-11-12/h5-9,11,14H,4,10,18H2,1-3H3. The van der Waals surface area contributed by atoms with Crippen LogP contribution in [0.1, 0.15) is 32.8 Å². The van der Waals surface area contributed by atoms with Crippen molar-refractivity contribution in [1.82, 2.24) is 4.98 Å². The van der Waals surface area contributed by atoms with Gasteiger partial charge in [-0.25, -0.2) is 0 Å². The highest BCUT2D eigenvalue weighted by Crippen LogP contribution is 2.23. The van der Waals surface area contributed by atoms with Gasteiger partial charge in [0.15, 0.2) is 5.78 Å². The molecular weight excluding hydrogens is 248 g/mol. The molecule has 0 saturated carbocycles. The molecule has 3 nitrogen and oxygen atoms in total. The Morgan fingerprint density at radius 1 is 1.35 bits per heavy atom. The number of fused-ring (bicyclic) bond motifs is 1. The van der Waals surface area contributed by atoms with Crippen molar-refractivity contribution in [3.05, 3.63) is 42.1 Å². The van der Waals surface area contributed by atoms with Gasteiger partial charge in [-0.05, 0) is 30.5 Å². The molecule has 1 heterocycles. The number of rotatable bonds is 5. The van der Waals surface area contributed by atoms with Crippen molar-refractivity contribution >= 4 is 16.7 Å². The Morgan fingerprint density at radius 3 is 2.75 bits per heavy atom. The molecule has 0 saturated heterocycles. The van der Waals surface area contributed by atoms with Crippen molar-refractivity contribution < 1.29 is 4.79 Å². The van der Waals surface area contributed by atoms with E-state index in [2.05, 4.69) is 11.1 Å². The van der Waals surface area contributed by atoms with E-state index in [1.165, 1.54) is 0 Å². The molecule has 3 heteroatoms. The van der Waals surface area contributed by atoms with Crippen LogP contribution in [0.5, 0.6) is 0 Å². The number of aromatic nitrogens is 1. The Hall–Kier alpha value is -1.74. The molecule has 0 spiro atoms. The fourth-order valence-corrected chi connectivity index (χ4v) is 2.25. The maximum atomic E-state index is 12.3. The van der Waals surface area contributed by atoms with Crippen LogP contribution < -0.4 is 5.73 Å². The monoisotopic (exact) mass is 270 g/mol. The second-order valence-electron chi connectivity index (χ2n) is 5.95. The molecule has 1 atom stereocenters. The van der Waals surface area contributed by atoms with E-state index in [1.807, 2.05) is 51.2 Å². The number of carbonyl (C=O) groups excluding carboxylic acids is 1. The van der Waals surface area contributed by atoms with E-state index in [-0.39, 0.29) is 11.2 Å². The van der Waals surface area contributed by atoms with Crippen LogP contribution in [0, 0.1) is 5.41 Å². The van der Waals surface area contributed by atoms with E-state index < -0.39 is 6.04 Å². The second-order valence-corrected chi connectivity index (χ2v) is 5.95. The molecule has 0 aliphatic rings. The number of hydrogen-bond donors (Lipinski definition) is 1. The molecule has 106 valence electrons. The van der Waals surface area contributed by atoms with Crippen LogP contribution in [0.25, 0.3) is 10.9 Å². The second kappa shape index (κ2) is 5.71. The van der Waals surface area contributed by atoms with Crippen molar-refractivity contribution in [3.63, 3.8) is 0 Å². The van der Waals surface area contributed by atoms with Gasteiger partial charge in [-0.1, -0.05) is 39.0 Å². The van der Waals surface area contributed by atoms with E-state index in [0.29, 0.717) is 6.42 Å². The first kappa shape index (κ1) is 14.7. The number of pyridine rings is 1. The van der Waals surface area contributed by atoms with Gasteiger partial charge in [0.25, 0.3) is 0 Å². The summed E-state index contributed by atoms with van der Waals surface area (Å²) in [6, 6.07) is 9.55. The third kappa shape index (κ3) is 3.05. The van der Waals surface area contributed by atoms with Gasteiger partial charge in [-0.3, -0.25) is 9.78 Å². The molecule has 1 unspecified atom stereocenters. The van der Waals surface area contributed by atoms with E-state index in [4.69, 9.17) is 5.73 Å². The lowest BCUT2D eigenvalue weighted by atomic mass is 9.80. The summed E-state index contributed by atoms with van der Waals surface area (Å²) in [5.74, 6) is 0.119. The molecule has 1 aromatic heterocycles. The molecule has 2 N–H and O–H groups in total. The lowest BCUT2D eigenvalue weighted by molar-refractivity contribution is -0.128. The number of nitrogens with zero attached hydrogens (tertiary/aromatic N) is 1. The largest absolute Gasteiger partial charge is 0.321 e. The number of carbonyl (C=O) groups is 1. The van der Waals surface area contributed by atoms with Crippen molar-refractivity contribution in [2.45, 2.75) is 39.7 Å². The van der Waals surface area contributed by atoms with E-state index in [0.717, 1.165) is 22.9 Å². The van der Waals surface area contributed by atoms with E-state index >= 15 is 0 Å². The highest BCUT2D eigenvalue weighted by molar-refractivity contribution is 5.89. The van der Waals surface area contributed by atoms with Gasteiger partial charge in [0.05, 0.1) is 11.6 Å². The van der Waals surface area contributed by atoms with Crippen LogP contribution in [0.4, 0.5) is 0 Å². The van der Waals surface area contributed by atoms with Crippen LogP contribution in [-0.4, -0.2) is 16.8 Å². The molecule has 0 amide bonds. The number of benzene rings is 1. The minimum Gasteiger partial charge on any atom is -0.321 e. The molecule has 1 aromatic carbocycles. The van der Waals surface area contributed by atoms with Crippen molar-refractivity contribution in [2.75, 3.05) is 0 Å². The zero-order valence-electron chi connectivity index (χ0n) is 12.4. The Morgan fingerprint density at radius 2 is 2.05 bits per heavy atom. The Labute approximate surface area is 120 Å². The summed E-state index contributed by atoms with van der Waals surface area (Å²) in [7, 11) is 0. The topological polar surface area (TPSA) is 56.0 Å². The summed E-state index contributed by atoms with van der Waals surface area (Å²) in [6.07, 6.45) is 3.16. The van der Waals surface area contributed by atoms with E-state index in [1.54, 1.807) is 0 Å². The zero-order valence-corrected chi connectivity index (χ0v) is 12.4. The minimum absolute atomic E-state index is 0.119. The Bertz CT molecular complexity index is 619. The minimum atomic E-state index is -0.465. The van der Waals surface area contributed by atoms with Crippen LogP contribution in [0.3, 0.4) is 0 Å². The average molecular weight is 270 g/mol. The third-order valence-corrected chi connectivity index (χ3v) is 3.99. The number of ketones is 1. The summed E-state index contributed by atoms with van der Waals surface area (Å²) in [4.78, 5) is 16.7. The van der Waals surface area contributed by atoms with Crippen LogP contribution >= 0.6 is 0 Å². The van der Waals surface area contributed by atoms with Crippen molar-refractivity contribution in [2.24, 2.45) is 11.1 Å². The normalized spacial score (nSPS) is 13.4. The zero-order chi connectivity index (χ0) is 14.8. The first-order valence-electron chi connectivity index (χ1n) is 7.07. The molecule has 0 radical (unpaired) electrons. The summed E-state index contributed by atoms with van der Waals surface area (Å²) < 4.78 is 0. The molecular formula is C17H22N2O. The highest BCUT2D eigenvalue weighted by atomic mass is 16.1. The summed E-state index contributed by atoms with van der Waals surface area (Å²) >= 11 is 0.